The van der Waals surface area contributed by atoms with Crippen LogP contribution in [-0.4, -0.2) is 58.8 Å². The maximum absolute atomic E-state index is 14.0. The summed E-state index contributed by atoms with van der Waals surface area (Å²) in [5.41, 5.74) is -0.634. The monoisotopic (exact) mass is 563 g/mol. The standard InChI is InChI=1S/C29H36F3N3O5/c1-28(2,3)21-22(33-15-18-14-19(29(30,31)32)16-34-25(18)39-4)23(17-10-6-5-7-11-17)35(24(21)27(37)38)26(36)20-12-8-9-13-40-20/h5-7,10-11,14,16,20-24,33H,8-9,12-13,15H2,1-4H3,(H,37,38)/t20-,21-,22-,23-,24-/m1/s1. The van der Waals surface area contributed by atoms with Gasteiger partial charge in [-0.1, -0.05) is 51.1 Å². The number of aromatic nitrogens is 1. The summed E-state index contributed by atoms with van der Waals surface area (Å²) >= 11 is 0. The number of amides is 1. The molecule has 2 fully saturated rings. The van der Waals surface area contributed by atoms with Gasteiger partial charge in [0, 0.05) is 36.9 Å². The Labute approximate surface area is 231 Å². The lowest BCUT2D eigenvalue weighted by molar-refractivity contribution is -0.159. The molecule has 11 heteroatoms. The van der Waals surface area contributed by atoms with Gasteiger partial charge in [-0.25, -0.2) is 9.78 Å². The predicted molar refractivity (Wildman–Crippen MR) is 140 cm³/mol. The van der Waals surface area contributed by atoms with E-state index in [0.717, 1.165) is 24.5 Å². The lowest BCUT2D eigenvalue weighted by atomic mass is 9.72. The van der Waals surface area contributed by atoms with E-state index in [9.17, 15) is 27.9 Å². The second-order valence-electron chi connectivity index (χ2n) is 11.4. The van der Waals surface area contributed by atoms with Crippen LogP contribution in [0.4, 0.5) is 13.2 Å². The molecule has 0 aliphatic carbocycles. The molecule has 2 aliphatic heterocycles. The first kappa shape index (κ1) is 29.8. The number of alkyl halides is 3. The molecule has 2 N–H and O–H groups in total. The summed E-state index contributed by atoms with van der Waals surface area (Å²) in [7, 11) is 1.32. The number of aliphatic carboxylic acids is 1. The van der Waals surface area contributed by atoms with E-state index in [0.29, 0.717) is 19.2 Å². The summed E-state index contributed by atoms with van der Waals surface area (Å²) in [4.78, 5) is 32.2. The maximum Gasteiger partial charge on any atom is 0.417 e. The van der Waals surface area contributed by atoms with Crippen LogP contribution in [0.3, 0.4) is 0 Å². The highest BCUT2D eigenvalue weighted by molar-refractivity contribution is 5.88. The SMILES string of the molecule is COc1ncc(C(F)(F)F)cc1CN[C@@H]1[C@@H](C(C)(C)C)[C@H](C(=O)O)N(C(=O)[C@H]2CCCCO2)[C@@H]1c1ccccc1. The molecular formula is C29H36F3N3O5. The molecule has 0 spiro atoms. The first-order valence-corrected chi connectivity index (χ1v) is 13.4. The highest BCUT2D eigenvalue weighted by Gasteiger charge is 2.58. The van der Waals surface area contributed by atoms with Crippen LogP contribution in [-0.2, 0) is 27.0 Å². The summed E-state index contributed by atoms with van der Waals surface area (Å²) in [6.45, 7) is 6.05. The third kappa shape index (κ3) is 6.10. The average Bonchev–Trinajstić information content (AvgIpc) is 3.28. The van der Waals surface area contributed by atoms with Gasteiger partial charge in [0.25, 0.3) is 5.91 Å². The van der Waals surface area contributed by atoms with Crippen LogP contribution in [0.2, 0.25) is 0 Å². The zero-order valence-electron chi connectivity index (χ0n) is 23.1. The molecule has 3 heterocycles. The van der Waals surface area contributed by atoms with Gasteiger partial charge in [-0.05, 0) is 36.3 Å². The van der Waals surface area contributed by atoms with E-state index in [-0.39, 0.29) is 18.0 Å². The summed E-state index contributed by atoms with van der Waals surface area (Å²) in [6, 6.07) is 7.55. The summed E-state index contributed by atoms with van der Waals surface area (Å²) < 4.78 is 51.5. The first-order valence-electron chi connectivity index (χ1n) is 13.4. The van der Waals surface area contributed by atoms with Crippen LogP contribution in [0.1, 0.15) is 62.8 Å². The summed E-state index contributed by atoms with van der Waals surface area (Å²) in [5.74, 6) is -2.11. The number of methoxy groups -OCH3 is 1. The number of carbonyl (C=O) groups is 2. The fourth-order valence-corrected chi connectivity index (χ4v) is 6.02. The third-order valence-electron chi connectivity index (χ3n) is 7.74. The molecule has 0 radical (unpaired) electrons. The number of carbonyl (C=O) groups excluding carboxylic acids is 1. The van der Waals surface area contributed by atoms with E-state index in [1.807, 2.05) is 51.1 Å². The van der Waals surface area contributed by atoms with Crippen molar-refractivity contribution in [3.63, 3.8) is 0 Å². The van der Waals surface area contributed by atoms with E-state index < -0.39 is 59.2 Å². The second kappa shape index (κ2) is 11.7. The number of ether oxygens (including phenoxy) is 2. The van der Waals surface area contributed by atoms with E-state index in [2.05, 4.69) is 10.3 Å². The summed E-state index contributed by atoms with van der Waals surface area (Å²) in [6.07, 6.45) is -2.52. The van der Waals surface area contributed by atoms with Crippen molar-refractivity contribution in [3.05, 3.63) is 59.3 Å². The Morgan fingerprint density at radius 3 is 2.42 bits per heavy atom. The molecule has 2 saturated heterocycles. The van der Waals surface area contributed by atoms with Gasteiger partial charge < -0.3 is 24.8 Å². The normalized spacial score (nSPS) is 25.6. The fourth-order valence-electron chi connectivity index (χ4n) is 6.02. The van der Waals surface area contributed by atoms with Gasteiger partial charge in [-0.3, -0.25) is 4.79 Å². The van der Waals surface area contributed by atoms with E-state index in [1.54, 1.807) is 0 Å². The molecule has 1 amide bonds. The van der Waals surface area contributed by atoms with Crippen LogP contribution < -0.4 is 10.1 Å². The Morgan fingerprint density at radius 2 is 1.88 bits per heavy atom. The Hall–Kier alpha value is -3.18. The Balaban J connectivity index is 1.81. The number of nitrogens with one attached hydrogen (secondary N) is 1. The molecule has 2 aliphatic rings. The predicted octanol–water partition coefficient (Wildman–Crippen LogP) is 4.84. The van der Waals surface area contributed by atoms with Crippen molar-refractivity contribution in [3.8, 4) is 5.88 Å². The Bertz CT molecular complexity index is 1200. The molecule has 8 nitrogen and oxygen atoms in total. The van der Waals surface area contributed by atoms with Crippen molar-refractivity contribution < 1.29 is 37.3 Å². The maximum atomic E-state index is 14.0. The van der Waals surface area contributed by atoms with Gasteiger partial charge in [0.15, 0.2) is 0 Å². The van der Waals surface area contributed by atoms with Crippen LogP contribution in [0.15, 0.2) is 42.6 Å². The number of rotatable bonds is 7. The Morgan fingerprint density at radius 1 is 1.18 bits per heavy atom. The minimum absolute atomic E-state index is 0.0281. The Kier molecular flexibility index (Phi) is 8.75. The molecule has 5 atom stereocenters. The molecule has 40 heavy (non-hydrogen) atoms. The number of likely N-dealkylation sites (tertiary alicyclic amines) is 1. The zero-order valence-corrected chi connectivity index (χ0v) is 23.1. The molecule has 0 saturated carbocycles. The van der Waals surface area contributed by atoms with Crippen LogP contribution in [0.5, 0.6) is 5.88 Å². The second-order valence-corrected chi connectivity index (χ2v) is 11.4. The van der Waals surface area contributed by atoms with Crippen LogP contribution >= 0.6 is 0 Å². The quantitative estimate of drug-likeness (QED) is 0.498. The van der Waals surface area contributed by atoms with E-state index >= 15 is 0 Å². The first-order chi connectivity index (χ1) is 18.8. The largest absolute Gasteiger partial charge is 0.481 e. The topological polar surface area (TPSA) is 101 Å². The van der Waals surface area contributed by atoms with Crippen LogP contribution in [0, 0.1) is 11.3 Å². The number of carboxylic acids is 1. The lowest BCUT2D eigenvalue weighted by Gasteiger charge is -2.36. The number of hydrogen-bond acceptors (Lipinski definition) is 6. The number of carboxylic acid groups (broad SMARTS) is 1. The molecular weight excluding hydrogens is 527 g/mol. The van der Waals surface area contributed by atoms with Gasteiger partial charge in [-0.15, -0.1) is 0 Å². The molecule has 2 aromatic rings. The molecule has 0 bridgehead atoms. The molecule has 1 aromatic heterocycles. The van der Waals surface area contributed by atoms with E-state index in [4.69, 9.17) is 9.47 Å². The number of halogens is 3. The van der Waals surface area contributed by atoms with Crippen molar-refractivity contribution in [2.75, 3.05) is 13.7 Å². The third-order valence-corrected chi connectivity index (χ3v) is 7.74. The average molecular weight is 564 g/mol. The minimum atomic E-state index is -4.60. The van der Waals surface area contributed by atoms with Crippen molar-refractivity contribution in [1.82, 2.24) is 15.2 Å². The molecule has 4 rings (SSSR count). The number of nitrogens with zero attached hydrogens (tertiary/aromatic N) is 2. The number of benzene rings is 1. The molecule has 218 valence electrons. The van der Waals surface area contributed by atoms with Crippen molar-refractivity contribution in [2.45, 2.75) is 77.0 Å². The van der Waals surface area contributed by atoms with Gasteiger partial charge in [-0.2, -0.15) is 13.2 Å². The lowest BCUT2D eigenvalue weighted by Crippen LogP contribution is -2.51. The van der Waals surface area contributed by atoms with Crippen molar-refractivity contribution in [1.29, 1.82) is 0 Å². The number of hydrogen-bond donors (Lipinski definition) is 2. The van der Waals surface area contributed by atoms with Gasteiger partial charge in [0.2, 0.25) is 5.88 Å². The highest BCUT2D eigenvalue weighted by atomic mass is 19.4. The smallest absolute Gasteiger partial charge is 0.417 e. The van der Waals surface area contributed by atoms with Crippen LogP contribution in [0.25, 0.3) is 0 Å². The highest BCUT2D eigenvalue weighted by Crippen LogP contribution is 2.49. The number of pyridine rings is 1. The van der Waals surface area contributed by atoms with Crippen molar-refractivity contribution in [2.24, 2.45) is 11.3 Å². The molecule has 1 aromatic carbocycles. The molecule has 0 unspecified atom stereocenters. The minimum Gasteiger partial charge on any atom is -0.481 e. The van der Waals surface area contributed by atoms with Gasteiger partial charge in [0.05, 0.1) is 18.7 Å². The van der Waals surface area contributed by atoms with Crippen molar-refractivity contribution >= 4 is 11.9 Å². The van der Waals surface area contributed by atoms with Gasteiger partial charge >= 0.3 is 12.1 Å². The zero-order chi connectivity index (χ0) is 29.2. The van der Waals surface area contributed by atoms with E-state index in [1.165, 1.54) is 12.0 Å². The summed E-state index contributed by atoms with van der Waals surface area (Å²) in [5, 5.41) is 13.9. The fraction of sp³-hybridized carbons (Fsp3) is 0.552. The van der Waals surface area contributed by atoms with Gasteiger partial charge in [0.1, 0.15) is 12.1 Å².